The third-order valence-electron chi connectivity index (χ3n) is 1.96. The summed E-state index contributed by atoms with van der Waals surface area (Å²) >= 11 is 0. The van der Waals surface area contributed by atoms with Crippen molar-refractivity contribution in [3.8, 4) is 0 Å². The Bertz CT molecular complexity index is 127. The Kier molecular flexibility index (Phi) is 2.50. The van der Waals surface area contributed by atoms with Crippen molar-refractivity contribution in [2.45, 2.75) is 26.3 Å². The summed E-state index contributed by atoms with van der Waals surface area (Å²) < 4.78 is 0. The molecule has 1 heteroatoms. The van der Waals surface area contributed by atoms with Gasteiger partial charge < -0.3 is 0 Å². The summed E-state index contributed by atoms with van der Waals surface area (Å²) in [6, 6.07) is 0.738. The second-order valence-corrected chi connectivity index (χ2v) is 3.56. The van der Waals surface area contributed by atoms with Gasteiger partial charge in [-0.05, 0) is 19.4 Å². The van der Waals surface area contributed by atoms with Gasteiger partial charge in [0.1, 0.15) is 0 Å². The van der Waals surface area contributed by atoms with E-state index in [0.717, 1.165) is 12.0 Å². The molecule has 0 aromatic carbocycles. The average molecular weight is 139 g/mol. The summed E-state index contributed by atoms with van der Waals surface area (Å²) in [4.78, 5) is 2.42. The zero-order valence-electron chi connectivity index (χ0n) is 7.17. The minimum absolute atomic E-state index is 0.738. The van der Waals surface area contributed by atoms with Crippen LogP contribution in [-0.4, -0.2) is 24.5 Å². The first-order chi connectivity index (χ1) is 4.70. The smallest absolute Gasteiger partial charge is 0.0309 e. The van der Waals surface area contributed by atoms with Crippen molar-refractivity contribution in [2.24, 2.45) is 5.92 Å². The Morgan fingerprint density at radius 1 is 1.60 bits per heavy atom. The Morgan fingerprint density at radius 3 is 2.50 bits per heavy atom. The van der Waals surface area contributed by atoms with Crippen LogP contribution in [0.15, 0.2) is 12.2 Å². The van der Waals surface area contributed by atoms with Gasteiger partial charge in [0, 0.05) is 12.6 Å². The van der Waals surface area contributed by atoms with Crippen molar-refractivity contribution in [2.75, 3.05) is 13.6 Å². The number of likely N-dealkylation sites (N-methyl/N-ethyl adjacent to an activating group) is 1. The summed E-state index contributed by atoms with van der Waals surface area (Å²) in [6.07, 6.45) is 5.77. The molecule has 1 aliphatic carbocycles. The largest absolute Gasteiger partial charge is 0.299 e. The van der Waals surface area contributed by atoms with Crippen LogP contribution in [0.4, 0.5) is 0 Å². The summed E-state index contributed by atoms with van der Waals surface area (Å²) in [7, 11) is 2.20. The van der Waals surface area contributed by atoms with Crippen LogP contribution in [0.2, 0.25) is 0 Å². The van der Waals surface area contributed by atoms with Gasteiger partial charge in [0.15, 0.2) is 0 Å². The van der Waals surface area contributed by atoms with E-state index in [4.69, 9.17) is 0 Å². The third-order valence-corrected chi connectivity index (χ3v) is 1.96. The zero-order chi connectivity index (χ0) is 7.56. The number of hydrogen-bond acceptors (Lipinski definition) is 1. The van der Waals surface area contributed by atoms with E-state index in [-0.39, 0.29) is 0 Å². The Morgan fingerprint density at radius 2 is 2.20 bits per heavy atom. The van der Waals surface area contributed by atoms with E-state index in [2.05, 4.69) is 37.9 Å². The Hall–Kier alpha value is -0.300. The topological polar surface area (TPSA) is 3.24 Å². The molecule has 0 fully saturated rings. The fraction of sp³-hybridized carbons (Fsp3) is 0.778. The molecule has 0 saturated heterocycles. The maximum Gasteiger partial charge on any atom is 0.0309 e. The fourth-order valence-electron chi connectivity index (χ4n) is 1.30. The molecule has 1 nitrogen and oxygen atoms in total. The van der Waals surface area contributed by atoms with E-state index in [9.17, 15) is 0 Å². The van der Waals surface area contributed by atoms with Crippen LogP contribution in [0, 0.1) is 5.92 Å². The molecule has 1 unspecified atom stereocenters. The van der Waals surface area contributed by atoms with Crippen LogP contribution in [0.3, 0.4) is 0 Å². The number of rotatable bonds is 3. The molecule has 0 saturated carbocycles. The van der Waals surface area contributed by atoms with Crippen molar-refractivity contribution in [1.82, 2.24) is 4.90 Å². The Balaban J connectivity index is 2.21. The predicted octanol–water partition coefficient (Wildman–Crippen LogP) is 1.90. The lowest BCUT2D eigenvalue weighted by Crippen LogP contribution is -2.35. The molecule has 0 radical (unpaired) electrons. The van der Waals surface area contributed by atoms with Crippen LogP contribution in [0.25, 0.3) is 0 Å². The molecule has 0 amide bonds. The van der Waals surface area contributed by atoms with Gasteiger partial charge in [-0.1, -0.05) is 26.0 Å². The van der Waals surface area contributed by atoms with Gasteiger partial charge in [0.25, 0.3) is 0 Å². The van der Waals surface area contributed by atoms with Gasteiger partial charge >= 0.3 is 0 Å². The van der Waals surface area contributed by atoms with Crippen LogP contribution in [-0.2, 0) is 0 Å². The number of nitrogens with zero attached hydrogens (tertiary/aromatic N) is 1. The van der Waals surface area contributed by atoms with Crippen molar-refractivity contribution >= 4 is 0 Å². The molecule has 58 valence electrons. The van der Waals surface area contributed by atoms with E-state index < -0.39 is 0 Å². The highest BCUT2D eigenvalue weighted by molar-refractivity contribution is 5.07. The highest BCUT2D eigenvalue weighted by Crippen LogP contribution is 2.14. The molecule has 0 heterocycles. The first-order valence-corrected chi connectivity index (χ1v) is 4.07. The maximum absolute atomic E-state index is 2.42. The second kappa shape index (κ2) is 3.20. The third kappa shape index (κ3) is 1.84. The molecule has 0 bridgehead atoms. The highest BCUT2D eigenvalue weighted by Gasteiger charge is 2.15. The van der Waals surface area contributed by atoms with Crippen molar-refractivity contribution in [1.29, 1.82) is 0 Å². The summed E-state index contributed by atoms with van der Waals surface area (Å²) in [6.45, 7) is 5.74. The van der Waals surface area contributed by atoms with E-state index >= 15 is 0 Å². The molecule has 0 aromatic rings. The van der Waals surface area contributed by atoms with Crippen molar-refractivity contribution < 1.29 is 0 Å². The highest BCUT2D eigenvalue weighted by atomic mass is 15.1. The molecule has 1 rings (SSSR count). The molecule has 0 aliphatic heterocycles. The van der Waals surface area contributed by atoms with E-state index in [1.54, 1.807) is 0 Å². The minimum atomic E-state index is 0.738. The molecule has 1 aliphatic rings. The minimum Gasteiger partial charge on any atom is -0.299 e. The average Bonchev–Trinajstić information content (AvgIpc) is 1.55. The van der Waals surface area contributed by atoms with Gasteiger partial charge in [0.2, 0.25) is 0 Å². The van der Waals surface area contributed by atoms with Crippen LogP contribution in [0.1, 0.15) is 20.3 Å². The van der Waals surface area contributed by atoms with Gasteiger partial charge in [-0.2, -0.15) is 0 Å². The standard InChI is InChI=1S/C9H17N/c1-8(2)7-10(3)9-5-4-6-9/h4-5,8-9H,6-7H2,1-3H3. The molecule has 0 N–H and O–H groups in total. The van der Waals surface area contributed by atoms with Crippen LogP contribution >= 0.6 is 0 Å². The summed E-state index contributed by atoms with van der Waals surface area (Å²) in [5.41, 5.74) is 0. The SMILES string of the molecule is CC(C)CN(C)C1C=CC1. The van der Waals surface area contributed by atoms with E-state index in [1.807, 2.05) is 0 Å². The summed E-state index contributed by atoms with van der Waals surface area (Å²) in [5, 5.41) is 0. The van der Waals surface area contributed by atoms with E-state index in [0.29, 0.717) is 0 Å². The lowest BCUT2D eigenvalue weighted by atomic mass is 10.0. The Labute approximate surface area is 63.7 Å². The molecule has 10 heavy (non-hydrogen) atoms. The van der Waals surface area contributed by atoms with Crippen LogP contribution in [0.5, 0.6) is 0 Å². The zero-order valence-corrected chi connectivity index (χ0v) is 7.17. The van der Waals surface area contributed by atoms with Gasteiger partial charge in [-0.25, -0.2) is 0 Å². The monoisotopic (exact) mass is 139 g/mol. The van der Waals surface area contributed by atoms with Crippen molar-refractivity contribution in [3.63, 3.8) is 0 Å². The first kappa shape index (κ1) is 7.80. The van der Waals surface area contributed by atoms with Gasteiger partial charge in [-0.15, -0.1) is 0 Å². The molecule has 0 spiro atoms. The molecular formula is C9H17N. The molecule has 1 atom stereocenters. The normalized spacial score (nSPS) is 23.9. The molecular weight excluding hydrogens is 122 g/mol. The second-order valence-electron chi connectivity index (χ2n) is 3.56. The molecule has 0 aromatic heterocycles. The van der Waals surface area contributed by atoms with Gasteiger partial charge in [-0.3, -0.25) is 4.90 Å². The maximum atomic E-state index is 2.42. The lowest BCUT2D eigenvalue weighted by molar-refractivity contribution is 0.240. The van der Waals surface area contributed by atoms with Gasteiger partial charge in [0.05, 0.1) is 0 Å². The predicted molar refractivity (Wildman–Crippen MR) is 45.0 cm³/mol. The van der Waals surface area contributed by atoms with E-state index in [1.165, 1.54) is 13.0 Å². The quantitative estimate of drug-likeness (QED) is 0.540. The van der Waals surface area contributed by atoms with Crippen LogP contribution < -0.4 is 0 Å². The lowest BCUT2D eigenvalue weighted by Gasteiger charge is -2.30. The summed E-state index contributed by atoms with van der Waals surface area (Å²) in [5.74, 6) is 0.791. The fourth-order valence-corrected chi connectivity index (χ4v) is 1.30. The first-order valence-electron chi connectivity index (χ1n) is 4.07. The van der Waals surface area contributed by atoms with Crippen molar-refractivity contribution in [3.05, 3.63) is 12.2 Å². The number of hydrogen-bond donors (Lipinski definition) is 0.